The van der Waals surface area contributed by atoms with Gasteiger partial charge in [0.15, 0.2) is 0 Å². The summed E-state index contributed by atoms with van der Waals surface area (Å²) in [5.74, 6) is 0.480. The van der Waals surface area contributed by atoms with E-state index in [-0.39, 0.29) is 10.8 Å². The predicted molar refractivity (Wildman–Crippen MR) is 105 cm³/mol. The first-order valence-electron chi connectivity index (χ1n) is 9.08. The van der Waals surface area contributed by atoms with E-state index in [2.05, 4.69) is 15.6 Å². The third-order valence-electron chi connectivity index (χ3n) is 4.41. The summed E-state index contributed by atoms with van der Waals surface area (Å²) in [6.07, 6.45) is 3.93. The molecule has 0 bridgehead atoms. The van der Waals surface area contributed by atoms with Gasteiger partial charge in [-0.15, -0.1) is 0 Å². The fourth-order valence-electron chi connectivity index (χ4n) is 2.68. The second-order valence-corrected chi connectivity index (χ2v) is 8.36. The van der Waals surface area contributed by atoms with Crippen molar-refractivity contribution in [1.82, 2.24) is 9.29 Å². The average Bonchev–Trinajstić information content (AvgIpc) is 3.48. The molecule has 1 aliphatic rings. The highest BCUT2D eigenvalue weighted by atomic mass is 32.2. The SMILES string of the molecule is CCN(CC)S(=O)(=O)c1ccc(C(=O)Nc2ccc(NC3CC3)nc2)cc1. The molecule has 0 saturated heterocycles. The van der Waals surface area contributed by atoms with Crippen molar-refractivity contribution in [3.8, 4) is 0 Å². The van der Waals surface area contributed by atoms with E-state index in [1.54, 1.807) is 26.1 Å². The Labute approximate surface area is 159 Å². The van der Waals surface area contributed by atoms with E-state index >= 15 is 0 Å². The van der Waals surface area contributed by atoms with Crippen molar-refractivity contribution < 1.29 is 13.2 Å². The number of rotatable bonds is 8. The molecule has 1 fully saturated rings. The number of benzene rings is 1. The van der Waals surface area contributed by atoms with E-state index in [0.717, 1.165) is 5.82 Å². The first kappa shape index (κ1) is 19.3. The van der Waals surface area contributed by atoms with Crippen LogP contribution in [0.3, 0.4) is 0 Å². The van der Waals surface area contributed by atoms with Gasteiger partial charge in [-0.05, 0) is 49.2 Å². The number of pyridine rings is 1. The lowest BCUT2D eigenvalue weighted by molar-refractivity contribution is 0.102. The first-order valence-corrected chi connectivity index (χ1v) is 10.5. The fourth-order valence-corrected chi connectivity index (χ4v) is 4.14. The van der Waals surface area contributed by atoms with Gasteiger partial charge < -0.3 is 10.6 Å². The van der Waals surface area contributed by atoms with Gasteiger partial charge in [0.25, 0.3) is 5.91 Å². The molecule has 2 aromatic rings. The number of aromatic nitrogens is 1. The molecule has 8 heteroatoms. The highest BCUT2D eigenvalue weighted by molar-refractivity contribution is 7.89. The third kappa shape index (κ3) is 4.64. The lowest BCUT2D eigenvalue weighted by atomic mass is 10.2. The van der Waals surface area contributed by atoms with Crippen LogP contribution in [0.4, 0.5) is 11.5 Å². The largest absolute Gasteiger partial charge is 0.367 e. The molecule has 0 unspecified atom stereocenters. The zero-order chi connectivity index (χ0) is 19.4. The summed E-state index contributed by atoms with van der Waals surface area (Å²) in [5, 5.41) is 6.05. The van der Waals surface area contributed by atoms with Gasteiger partial charge in [-0.25, -0.2) is 13.4 Å². The predicted octanol–water partition coefficient (Wildman–Crippen LogP) is 2.94. The van der Waals surface area contributed by atoms with Gasteiger partial charge in [0.2, 0.25) is 10.0 Å². The number of nitrogens with one attached hydrogen (secondary N) is 2. The molecular weight excluding hydrogens is 364 g/mol. The Hall–Kier alpha value is -2.45. The van der Waals surface area contributed by atoms with Gasteiger partial charge in [0, 0.05) is 24.7 Å². The van der Waals surface area contributed by atoms with Crippen LogP contribution in [0.15, 0.2) is 47.5 Å². The van der Waals surface area contributed by atoms with Crippen LogP contribution in [-0.4, -0.2) is 42.7 Å². The maximum atomic E-state index is 12.5. The van der Waals surface area contributed by atoms with E-state index in [4.69, 9.17) is 0 Å². The summed E-state index contributed by atoms with van der Waals surface area (Å²) in [4.78, 5) is 16.8. The number of hydrogen-bond acceptors (Lipinski definition) is 5. The van der Waals surface area contributed by atoms with Crippen LogP contribution in [0.5, 0.6) is 0 Å². The van der Waals surface area contributed by atoms with Crippen LogP contribution in [0.1, 0.15) is 37.0 Å². The monoisotopic (exact) mass is 388 g/mol. The van der Waals surface area contributed by atoms with E-state index in [9.17, 15) is 13.2 Å². The molecule has 1 aliphatic carbocycles. The highest BCUT2D eigenvalue weighted by Gasteiger charge is 2.22. The molecular formula is C19H24N4O3S. The van der Waals surface area contributed by atoms with Crippen LogP contribution in [-0.2, 0) is 10.0 Å². The molecule has 27 heavy (non-hydrogen) atoms. The number of hydrogen-bond donors (Lipinski definition) is 2. The standard InChI is InChI=1S/C19H24N4O3S/c1-3-23(4-2)27(25,26)17-10-5-14(6-11-17)19(24)22-16-9-12-18(20-13-16)21-15-7-8-15/h5-6,9-13,15H,3-4,7-8H2,1-2H3,(H,20,21)(H,22,24). The summed E-state index contributed by atoms with van der Waals surface area (Å²) in [5.41, 5.74) is 0.967. The molecule has 1 aromatic heterocycles. The Morgan fingerprint density at radius 1 is 1.11 bits per heavy atom. The quantitative estimate of drug-likeness (QED) is 0.725. The molecule has 7 nitrogen and oxygen atoms in total. The first-order chi connectivity index (χ1) is 12.9. The van der Waals surface area contributed by atoms with Gasteiger partial charge in [-0.1, -0.05) is 13.8 Å². The Morgan fingerprint density at radius 2 is 1.78 bits per heavy atom. The minimum Gasteiger partial charge on any atom is -0.367 e. The Bertz CT molecular complexity index is 888. The van der Waals surface area contributed by atoms with Crippen LogP contribution >= 0.6 is 0 Å². The lowest BCUT2D eigenvalue weighted by Crippen LogP contribution is -2.30. The summed E-state index contributed by atoms with van der Waals surface area (Å²) < 4.78 is 26.4. The van der Waals surface area contributed by atoms with Crippen molar-refractivity contribution in [2.45, 2.75) is 37.6 Å². The molecule has 0 radical (unpaired) electrons. The van der Waals surface area contributed by atoms with Crippen molar-refractivity contribution in [2.24, 2.45) is 0 Å². The number of sulfonamides is 1. The zero-order valence-corrected chi connectivity index (χ0v) is 16.3. The smallest absolute Gasteiger partial charge is 0.255 e. The molecule has 0 aliphatic heterocycles. The van der Waals surface area contributed by atoms with Crippen LogP contribution in [0.2, 0.25) is 0 Å². The maximum Gasteiger partial charge on any atom is 0.255 e. The Kier molecular flexibility index (Phi) is 5.76. The van der Waals surface area contributed by atoms with E-state index in [1.165, 1.54) is 41.4 Å². The second-order valence-electron chi connectivity index (χ2n) is 6.42. The molecule has 1 aromatic carbocycles. The summed E-state index contributed by atoms with van der Waals surface area (Å²) in [6.45, 7) is 4.39. The molecule has 1 heterocycles. The number of anilines is 2. The number of nitrogens with zero attached hydrogens (tertiary/aromatic N) is 2. The Morgan fingerprint density at radius 3 is 2.30 bits per heavy atom. The molecule has 1 saturated carbocycles. The summed E-state index contributed by atoms with van der Waals surface area (Å²) in [7, 11) is -3.53. The van der Waals surface area contributed by atoms with Crippen molar-refractivity contribution in [3.05, 3.63) is 48.2 Å². The van der Waals surface area contributed by atoms with Crippen molar-refractivity contribution >= 4 is 27.4 Å². The molecule has 144 valence electrons. The molecule has 1 amide bonds. The number of carbonyl (C=O) groups is 1. The van der Waals surface area contributed by atoms with Crippen LogP contribution < -0.4 is 10.6 Å². The van der Waals surface area contributed by atoms with Gasteiger partial charge in [0.1, 0.15) is 5.82 Å². The molecule has 2 N–H and O–H groups in total. The average molecular weight is 388 g/mol. The third-order valence-corrected chi connectivity index (χ3v) is 6.47. The molecule has 0 atom stereocenters. The minimum atomic E-state index is -3.53. The van der Waals surface area contributed by atoms with Crippen molar-refractivity contribution in [2.75, 3.05) is 23.7 Å². The summed E-state index contributed by atoms with van der Waals surface area (Å²) >= 11 is 0. The fraction of sp³-hybridized carbons (Fsp3) is 0.368. The maximum absolute atomic E-state index is 12.5. The van der Waals surface area contributed by atoms with E-state index < -0.39 is 10.0 Å². The highest BCUT2D eigenvalue weighted by Crippen LogP contribution is 2.24. The zero-order valence-electron chi connectivity index (χ0n) is 15.5. The molecule has 3 rings (SSSR count). The van der Waals surface area contributed by atoms with Crippen LogP contribution in [0.25, 0.3) is 0 Å². The normalized spacial score (nSPS) is 14.2. The number of amides is 1. The molecule has 0 spiro atoms. The van der Waals surface area contributed by atoms with Gasteiger partial charge >= 0.3 is 0 Å². The second kappa shape index (κ2) is 8.06. The van der Waals surface area contributed by atoms with E-state index in [1.807, 2.05) is 6.07 Å². The van der Waals surface area contributed by atoms with Gasteiger partial charge in [-0.3, -0.25) is 4.79 Å². The van der Waals surface area contributed by atoms with Gasteiger partial charge in [-0.2, -0.15) is 4.31 Å². The lowest BCUT2D eigenvalue weighted by Gasteiger charge is -2.18. The van der Waals surface area contributed by atoms with E-state index in [0.29, 0.717) is 30.4 Å². The number of carbonyl (C=O) groups excluding carboxylic acids is 1. The van der Waals surface area contributed by atoms with Crippen LogP contribution in [0, 0.1) is 0 Å². The topological polar surface area (TPSA) is 91.4 Å². The van der Waals surface area contributed by atoms with Crippen molar-refractivity contribution in [1.29, 1.82) is 0 Å². The van der Waals surface area contributed by atoms with Gasteiger partial charge in [0.05, 0.1) is 16.8 Å². The Balaban J connectivity index is 1.66. The summed E-state index contributed by atoms with van der Waals surface area (Å²) in [6, 6.07) is 10.1. The minimum absolute atomic E-state index is 0.180. The van der Waals surface area contributed by atoms with Crippen molar-refractivity contribution in [3.63, 3.8) is 0 Å².